The van der Waals surface area contributed by atoms with Gasteiger partial charge in [-0.3, -0.25) is 4.79 Å². The van der Waals surface area contributed by atoms with Crippen LogP contribution in [-0.4, -0.2) is 52.0 Å². The topological polar surface area (TPSA) is 85.2 Å². The summed E-state index contributed by atoms with van der Waals surface area (Å²) < 4.78 is 7.40. The Balaban J connectivity index is 1.37. The minimum absolute atomic E-state index is 0.00605. The Morgan fingerprint density at radius 1 is 1.19 bits per heavy atom. The minimum Gasteiger partial charge on any atom is -0.378 e. The van der Waals surface area contributed by atoms with E-state index in [0.717, 1.165) is 65.4 Å². The molecule has 1 saturated heterocycles. The van der Waals surface area contributed by atoms with E-state index >= 15 is 0 Å². The number of anilines is 1. The van der Waals surface area contributed by atoms with Crippen molar-refractivity contribution in [1.29, 1.82) is 0 Å². The molecule has 0 radical (unpaired) electrons. The fraction of sp³-hybridized carbons (Fsp3) is 0.455. The molecule has 9 heteroatoms. The molecular formula is C22H26N6O2S. The molecule has 2 aliphatic rings. The summed E-state index contributed by atoms with van der Waals surface area (Å²) in [5.41, 5.74) is 1.93. The lowest BCUT2D eigenvalue weighted by molar-refractivity contribution is -0.121. The van der Waals surface area contributed by atoms with Crippen molar-refractivity contribution in [3.05, 3.63) is 46.9 Å². The van der Waals surface area contributed by atoms with Crippen LogP contribution >= 0.6 is 11.3 Å². The van der Waals surface area contributed by atoms with Gasteiger partial charge in [0.15, 0.2) is 5.13 Å². The van der Waals surface area contributed by atoms with Crippen molar-refractivity contribution in [3.8, 4) is 11.3 Å². The lowest BCUT2D eigenvalue weighted by Crippen LogP contribution is -2.36. The number of morpholine rings is 1. The van der Waals surface area contributed by atoms with Crippen LogP contribution in [0.4, 0.5) is 5.13 Å². The monoisotopic (exact) mass is 438 g/mol. The molecule has 1 aromatic carbocycles. The maximum atomic E-state index is 13.0. The molecule has 0 bridgehead atoms. The molecule has 162 valence electrons. The Bertz CT molecular complexity index is 1060. The molecule has 3 aromatic rings. The number of aromatic nitrogens is 4. The summed E-state index contributed by atoms with van der Waals surface area (Å²) in [5, 5.41) is 8.58. The van der Waals surface area contributed by atoms with Gasteiger partial charge in [0.25, 0.3) is 0 Å². The minimum atomic E-state index is -0.0886. The van der Waals surface area contributed by atoms with Crippen LogP contribution in [0.15, 0.2) is 30.3 Å². The van der Waals surface area contributed by atoms with Gasteiger partial charge in [-0.15, -0.1) is 11.3 Å². The molecule has 8 nitrogen and oxygen atoms in total. The average Bonchev–Trinajstić information content (AvgIpc) is 3.38. The molecule has 1 amide bonds. The van der Waals surface area contributed by atoms with Crippen LogP contribution in [0.3, 0.4) is 0 Å². The molecule has 0 saturated carbocycles. The zero-order chi connectivity index (χ0) is 21.2. The van der Waals surface area contributed by atoms with Crippen molar-refractivity contribution in [2.45, 2.75) is 38.8 Å². The highest BCUT2D eigenvalue weighted by molar-refractivity contribution is 7.16. The number of benzene rings is 1. The summed E-state index contributed by atoms with van der Waals surface area (Å²) in [6.07, 6.45) is 2.17. The van der Waals surface area contributed by atoms with Crippen molar-refractivity contribution in [3.63, 3.8) is 0 Å². The molecule has 1 fully saturated rings. The number of thiazole rings is 1. The number of amides is 1. The fourth-order valence-corrected chi connectivity index (χ4v) is 5.30. The van der Waals surface area contributed by atoms with Crippen LogP contribution in [0, 0.1) is 6.92 Å². The van der Waals surface area contributed by atoms with Crippen LogP contribution in [-0.2, 0) is 22.5 Å². The molecule has 0 spiro atoms. The average molecular weight is 439 g/mol. The van der Waals surface area contributed by atoms with E-state index in [1.165, 1.54) is 0 Å². The van der Waals surface area contributed by atoms with E-state index in [1.54, 1.807) is 11.3 Å². The van der Waals surface area contributed by atoms with Gasteiger partial charge in [0.2, 0.25) is 5.91 Å². The first kappa shape index (κ1) is 20.1. The highest BCUT2D eigenvalue weighted by atomic mass is 32.1. The number of nitrogens with zero attached hydrogens (tertiary/aromatic N) is 5. The van der Waals surface area contributed by atoms with Crippen LogP contribution in [0.2, 0.25) is 0 Å². The normalized spacial score (nSPS) is 18.6. The second-order valence-electron chi connectivity index (χ2n) is 7.91. The molecule has 0 unspecified atom stereocenters. The number of hydrogen-bond donors (Lipinski definition) is 1. The summed E-state index contributed by atoms with van der Waals surface area (Å²) in [4.78, 5) is 25.7. The van der Waals surface area contributed by atoms with Crippen molar-refractivity contribution in [2.24, 2.45) is 0 Å². The second-order valence-corrected chi connectivity index (χ2v) is 8.98. The lowest BCUT2D eigenvalue weighted by atomic mass is 10.1. The molecule has 2 aromatic heterocycles. The van der Waals surface area contributed by atoms with Gasteiger partial charge in [0.05, 0.1) is 31.4 Å². The predicted octanol–water partition coefficient (Wildman–Crippen LogP) is 2.74. The summed E-state index contributed by atoms with van der Waals surface area (Å²) >= 11 is 1.61. The van der Waals surface area contributed by atoms with Crippen molar-refractivity contribution < 1.29 is 9.53 Å². The Kier molecular flexibility index (Phi) is 5.69. The first-order valence-electron chi connectivity index (χ1n) is 10.8. The number of carbonyl (C=O) groups is 1. The highest BCUT2D eigenvalue weighted by Crippen LogP contribution is 2.34. The zero-order valence-corrected chi connectivity index (χ0v) is 18.4. The van der Waals surface area contributed by atoms with E-state index in [9.17, 15) is 4.79 Å². The van der Waals surface area contributed by atoms with Crippen LogP contribution in [0.5, 0.6) is 0 Å². The van der Waals surface area contributed by atoms with Crippen molar-refractivity contribution in [2.75, 3.05) is 31.2 Å². The van der Waals surface area contributed by atoms with E-state index in [4.69, 9.17) is 9.72 Å². The first-order chi connectivity index (χ1) is 15.2. The van der Waals surface area contributed by atoms with Gasteiger partial charge in [-0.2, -0.15) is 5.10 Å². The van der Waals surface area contributed by atoms with Gasteiger partial charge in [-0.1, -0.05) is 30.3 Å². The third-order valence-electron chi connectivity index (χ3n) is 5.65. The maximum Gasteiger partial charge on any atom is 0.225 e. The third-order valence-corrected chi connectivity index (χ3v) is 6.77. The number of rotatable bonds is 5. The quantitative estimate of drug-likeness (QED) is 0.659. The Morgan fingerprint density at radius 3 is 2.81 bits per heavy atom. The summed E-state index contributed by atoms with van der Waals surface area (Å²) in [7, 11) is 0. The number of carbonyl (C=O) groups excluding carboxylic acids is 1. The molecule has 5 rings (SSSR count). The Morgan fingerprint density at radius 2 is 2.00 bits per heavy atom. The van der Waals surface area contributed by atoms with Gasteiger partial charge in [0.1, 0.15) is 11.6 Å². The number of fused-ring (bicyclic) bond motifs is 1. The number of aryl methyl sites for hydroxylation is 2. The van der Waals surface area contributed by atoms with E-state index in [2.05, 4.69) is 20.3 Å². The molecule has 2 aliphatic heterocycles. The lowest BCUT2D eigenvalue weighted by Gasteiger charge is -2.26. The summed E-state index contributed by atoms with van der Waals surface area (Å²) in [6, 6.07) is 10.0. The van der Waals surface area contributed by atoms with Crippen molar-refractivity contribution in [1.82, 2.24) is 25.1 Å². The second kappa shape index (κ2) is 8.76. The molecule has 0 aliphatic carbocycles. The fourth-order valence-electron chi connectivity index (χ4n) is 4.17. The Hall–Kier alpha value is -2.78. The Labute approximate surface area is 185 Å². The zero-order valence-electron chi connectivity index (χ0n) is 17.6. The van der Waals surface area contributed by atoms with Crippen LogP contribution in [0.1, 0.15) is 35.4 Å². The van der Waals surface area contributed by atoms with Gasteiger partial charge in [0, 0.05) is 30.1 Å². The maximum absolute atomic E-state index is 13.0. The smallest absolute Gasteiger partial charge is 0.225 e. The van der Waals surface area contributed by atoms with Gasteiger partial charge in [-0.25, -0.2) is 14.6 Å². The third kappa shape index (κ3) is 4.33. The number of hydrogen-bond acceptors (Lipinski definition) is 7. The van der Waals surface area contributed by atoms with Crippen molar-refractivity contribution >= 4 is 22.4 Å². The molecule has 4 heterocycles. The van der Waals surface area contributed by atoms with Crippen LogP contribution in [0.25, 0.3) is 11.3 Å². The number of ether oxygens (including phenoxy) is 1. The molecular weight excluding hydrogens is 412 g/mol. The SMILES string of the molecule is Cc1nc2n(n1)CCC[C@@H]2NC(=O)Cc1sc(N2CCOCC2)nc1-c1ccccc1. The largest absolute Gasteiger partial charge is 0.378 e. The van der Waals surface area contributed by atoms with Crippen LogP contribution < -0.4 is 10.2 Å². The van der Waals surface area contributed by atoms with E-state index in [1.807, 2.05) is 41.9 Å². The molecule has 1 atom stereocenters. The summed E-state index contributed by atoms with van der Waals surface area (Å²) in [5.74, 6) is 1.60. The number of nitrogens with one attached hydrogen (secondary N) is 1. The summed E-state index contributed by atoms with van der Waals surface area (Å²) in [6.45, 7) is 5.81. The first-order valence-corrected chi connectivity index (χ1v) is 11.6. The predicted molar refractivity (Wildman–Crippen MR) is 119 cm³/mol. The standard InChI is InChI=1S/C22H26N6O2S/c1-15-23-21-17(8-5-9-28(21)26-15)24-19(29)14-18-20(16-6-3-2-4-7-16)25-22(31-18)27-10-12-30-13-11-27/h2-4,6-7,17H,5,8-14H2,1H3,(H,24,29)/t17-/m0/s1. The van der Waals surface area contributed by atoms with Gasteiger partial charge in [-0.05, 0) is 19.8 Å². The van der Waals surface area contributed by atoms with Gasteiger partial charge < -0.3 is 15.0 Å². The highest BCUT2D eigenvalue weighted by Gasteiger charge is 2.26. The van der Waals surface area contributed by atoms with E-state index in [0.29, 0.717) is 19.6 Å². The van der Waals surface area contributed by atoms with E-state index in [-0.39, 0.29) is 11.9 Å². The molecule has 1 N–H and O–H groups in total. The van der Waals surface area contributed by atoms with Gasteiger partial charge >= 0.3 is 0 Å². The molecule has 31 heavy (non-hydrogen) atoms. The van der Waals surface area contributed by atoms with E-state index < -0.39 is 0 Å².